The summed E-state index contributed by atoms with van der Waals surface area (Å²) in [4.78, 5) is 37.3. The predicted octanol–water partition coefficient (Wildman–Crippen LogP) is 5.94. The normalized spacial score (nSPS) is 13.6. The summed E-state index contributed by atoms with van der Waals surface area (Å²) in [7, 11) is 0. The minimum Gasteiger partial charge on any atom is -0.318 e. The third kappa shape index (κ3) is 3.96. The van der Waals surface area contributed by atoms with Crippen LogP contribution in [0.1, 0.15) is 29.0 Å². The summed E-state index contributed by atoms with van der Waals surface area (Å²) in [5.41, 5.74) is 5.05. The van der Waals surface area contributed by atoms with Crippen LogP contribution in [0, 0.1) is 0 Å². The number of carbonyl (C=O) groups is 2. The molecule has 6 nitrogen and oxygen atoms in total. The number of fused-ring (bicyclic) bond motifs is 2. The number of thiazole rings is 1. The Balaban J connectivity index is 0.00000267. The zero-order chi connectivity index (χ0) is 23.8. The van der Waals surface area contributed by atoms with Gasteiger partial charge in [0.2, 0.25) is 0 Å². The molecule has 0 unspecified atom stereocenters. The molecule has 35 heavy (non-hydrogen) atoms. The lowest BCUT2D eigenvalue weighted by Crippen LogP contribution is -2.37. The molecule has 1 atom stereocenters. The summed E-state index contributed by atoms with van der Waals surface area (Å²) in [5.74, 6) is -0.454. The standard InChI is InChI=1S/C28H20N4O2S.H2/c33-26(31-28-29-12-13-35-28)25(18-6-2-1-3-7-18)32-17-21-11-10-19(15-23(21)27(32)34)22-14-20-8-4-5-9-24(20)30-16-22;/h1-16,25H,17H2,(H,29,31,33);1H/t25-;/m1./s1. The van der Waals surface area contributed by atoms with Crippen LogP contribution in [0.3, 0.4) is 0 Å². The topological polar surface area (TPSA) is 75.2 Å². The molecule has 3 aromatic carbocycles. The number of amides is 2. The molecule has 3 heterocycles. The minimum absolute atomic E-state index is 0. The summed E-state index contributed by atoms with van der Waals surface area (Å²) >= 11 is 1.34. The van der Waals surface area contributed by atoms with E-state index in [1.54, 1.807) is 16.5 Å². The van der Waals surface area contributed by atoms with E-state index < -0.39 is 6.04 Å². The number of nitrogens with zero attached hydrogens (tertiary/aromatic N) is 3. The molecule has 172 valence electrons. The van der Waals surface area contributed by atoms with E-state index in [4.69, 9.17) is 0 Å². The van der Waals surface area contributed by atoms with E-state index in [1.807, 2.05) is 79.0 Å². The van der Waals surface area contributed by atoms with Gasteiger partial charge < -0.3 is 4.90 Å². The lowest BCUT2D eigenvalue weighted by Gasteiger charge is -2.27. The Hall–Kier alpha value is -4.36. The van der Waals surface area contributed by atoms with Gasteiger partial charge in [0.15, 0.2) is 5.13 Å². The van der Waals surface area contributed by atoms with Gasteiger partial charge in [0, 0.05) is 42.3 Å². The molecular weight excluding hydrogens is 456 g/mol. The molecule has 0 spiro atoms. The summed E-state index contributed by atoms with van der Waals surface area (Å²) in [5, 5.41) is 6.21. The van der Waals surface area contributed by atoms with Crippen LogP contribution in [0.4, 0.5) is 5.13 Å². The summed E-state index contributed by atoms with van der Waals surface area (Å²) in [6, 6.07) is 24.5. The number of nitrogens with one attached hydrogen (secondary N) is 1. The first-order valence-corrected chi connectivity index (χ1v) is 12.1. The Morgan fingerprint density at radius 2 is 1.80 bits per heavy atom. The third-order valence-electron chi connectivity index (χ3n) is 6.20. The van der Waals surface area contributed by atoms with Crippen molar-refractivity contribution in [2.75, 3.05) is 5.32 Å². The first kappa shape index (κ1) is 21.2. The highest BCUT2D eigenvalue weighted by molar-refractivity contribution is 7.13. The number of rotatable bonds is 5. The Morgan fingerprint density at radius 1 is 0.971 bits per heavy atom. The first-order chi connectivity index (χ1) is 17.2. The number of hydrogen-bond donors (Lipinski definition) is 1. The quantitative estimate of drug-likeness (QED) is 0.339. The second-order valence-corrected chi connectivity index (χ2v) is 9.26. The van der Waals surface area contributed by atoms with Crippen molar-refractivity contribution < 1.29 is 11.0 Å². The fraction of sp³-hybridized carbons (Fsp3) is 0.0714. The second-order valence-electron chi connectivity index (χ2n) is 8.36. The van der Waals surface area contributed by atoms with Crippen LogP contribution in [-0.4, -0.2) is 26.7 Å². The molecular formula is C28H22N4O2S. The smallest absolute Gasteiger partial charge is 0.255 e. The molecule has 0 radical (unpaired) electrons. The average molecular weight is 479 g/mol. The summed E-state index contributed by atoms with van der Waals surface area (Å²) in [6.07, 6.45) is 3.47. The Kier molecular flexibility index (Phi) is 5.31. The highest BCUT2D eigenvalue weighted by Gasteiger charge is 2.37. The van der Waals surface area contributed by atoms with Gasteiger partial charge in [-0.05, 0) is 34.9 Å². The summed E-state index contributed by atoms with van der Waals surface area (Å²) < 4.78 is 0. The van der Waals surface area contributed by atoms with E-state index in [0.29, 0.717) is 17.2 Å². The number of anilines is 1. The molecule has 1 aliphatic heterocycles. The van der Waals surface area contributed by atoms with E-state index in [0.717, 1.165) is 33.2 Å². The predicted molar refractivity (Wildman–Crippen MR) is 139 cm³/mol. The van der Waals surface area contributed by atoms with Crippen LogP contribution in [0.15, 0.2) is 96.6 Å². The molecule has 2 amide bonds. The third-order valence-corrected chi connectivity index (χ3v) is 6.89. The highest BCUT2D eigenvalue weighted by atomic mass is 32.1. The van der Waals surface area contributed by atoms with Crippen molar-refractivity contribution >= 4 is 39.2 Å². The molecule has 5 aromatic rings. The zero-order valence-corrected chi connectivity index (χ0v) is 19.4. The van der Waals surface area contributed by atoms with Crippen LogP contribution in [0.2, 0.25) is 0 Å². The van der Waals surface area contributed by atoms with Gasteiger partial charge in [0.1, 0.15) is 6.04 Å². The van der Waals surface area contributed by atoms with Crippen LogP contribution in [-0.2, 0) is 11.3 Å². The van der Waals surface area contributed by atoms with Crippen molar-refractivity contribution in [1.82, 2.24) is 14.9 Å². The number of pyridine rings is 1. The Bertz CT molecular complexity index is 1560. The Labute approximate surface area is 207 Å². The van der Waals surface area contributed by atoms with Crippen molar-refractivity contribution in [3.63, 3.8) is 0 Å². The van der Waals surface area contributed by atoms with Crippen LogP contribution in [0.25, 0.3) is 22.0 Å². The van der Waals surface area contributed by atoms with Gasteiger partial charge in [0.25, 0.3) is 11.8 Å². The largest absolute Gasteiger partial charge is 0.318 e. The van der Waals surface area contributed by atoms with E-state index in [1.165, 1.54) is 11.3 Å². The van der Waals surface area contributed by atoms with Crippen molar-refractivity contribution in [1.29, 1.82) is 0 Å². The van der Waals surface area contributed by atoms with E-state index in [2.05, 4.69) is 21.4 Å². The van der Waals surface area contributed by atoms with Gasteiger partial charge in [-0.15, -0.1) is 11.3 Å². The number of benzene rings is 3. The molecule has 7 heteroatoms. The first-order valence-electron chi connectivity index (χ1n) is 11.2. The van der Waals surface area contributed by atoms with E-state index >= 15 is 0 Å². The number of carbonyl (C=O) groups excluding carboxylic acids is 2. The lowest BCUT2D eigenvalue weighted by atomic mass is 10.0. The van der Waals surface area contributed by atoms with E-state index in [-0.39, 0.29) is 13.2 Å². The van der Waals surface area contributed by atoms with Gasteiger partial charge in [-0.1, -0.05) is 60.7 Å². The molecule has 0 fully saturated rings. The fourth-order valence-electron chi connectivity index (χ4n) is 4.51. The molecule has 2 aromatic heterocycles. The van der Waals surface area contributed by atoms with Crippen LogP contribution < -0.4 is 5.32 Å². The number of hydrogen-bond acceptors (Lipinski definition) is 5. The van der Waals surface area contributed by atoms with Crippen molar-refractivity contribution in [2.45, 2.75) is 12.6 Å². The molecule has 1 aliphatic rings. The molecule has 1 N–H and O–H groups in total. The monoisotopic (exact) mass is 478 g/mol. The summed E-state index contributed by atoms with van der Waals surface area (Å²) in [6.45, 7) is 0.356. The second kappa shape index (κ2) is 8.77. The zero-order valence-electron chi connectivity index (χ0n) is 18.6. The van der Waals surface area contributed by atoms with Gasteiger partial charge in [0.05, 0.1) is 5.52 Å². The van der Waals surface area contributed by atoms with Gasteiger partial charge in [-0.2, -0.15) is 0 Å². The lowest BCUT2D eigenvalue weighted by molar-refractivity contribution is -0.120. The maximum atomic E-state index is 13.6. The molecule has 0 saturated heterocycles. The van der Waals surface area contributed by atoms with Crippen LogP contribution in [0.5, 0.6) is 0 Å². The molecule has 0 bridgehead atoms. The SMILES string of the molecule is O=C(Nc1nccs1)[C@@H](c1ccccc1)N1Cc2ccc(-c3cnc4ccccc4c3)cc2C1=O.[HH]. The van der Waals surface area contributed by atoms with Gasteiger partial charge in [-0.3, -0.25) is 19.9 Å². The maximum absolute atomic E-state index is 13.6. The fourth-order valence-corrected chi connectivity index (χ4v) is 5.04. The number of aromatic nitrogens is 2. The minimum atomic E-state index is -0.772. The Morgan fingerprint density at radius 3 is 2.63 bits per heavy atom. The number of para-hydroxylation sites is 1. The van der Waals surface area contributed by atoms with E-state index in [9.17, 15) is 9.59 Å². The van der Waals surface area contributed by atoms with Crippen molar-refractivity contribution in [3.8, 4) is 11.1 Å². The van der Waals surface area contributed by atoms with Gasteiger partial charge in [-0.25, -0.2) is 4.98 Å². The van der Waals surface area contributed by atoms with Crippen molar-refractivity contribution in [2.24, 2.45) is 0 Å². The molecule has 0 aliphatic carbocycles. The maximum Gasteiger partial charge on any atom is 0.255 e. The average Bonchev–Trinajstić information content (AvgIpc) is 3.52. The van der Waals surface area contributed by atoms with Crippen molar-refractivity contribution in [3.05, 3.63) is 113 Å². The molecule has 6 rings (SSSR count). The molecule has 0 saturated carbocycles. The van der Waals surface area contributed by atoms with Crippen LogP contribution >= 0.6 is 11.3 Å². The van der Waals surface area contributed by atoms with Gasteiger partial charge >= 0.3 is 0 Å². The highest BCUT2D eigenvalue weighted by Crippen LogP contribution is 2.35.